The molecule has 4 heteroatoms. The van der Waals surface area contributed by atoms with Crippen LogP contribution in [-0.2, 0) is 9.53 Å². The standard InChI is InChI=1S/C18H22O4/c1-13-7-5-11-15(19)10-4-2-3-8-14-9-6-12-16(20)17(14)18(21)22-13/h3,6,8-9,12-13,20H,2,4-5,7,10-11H2,1H3/b8-3+/t13-/m0/s1. The summed E-state index contributed by atoms with van der Waals surface area (Å²) < 4.78 is 5.39. The molecule has 0 radical (unpaired) electrons. The molecule has 0 fully saturated rings. The van der Waals surface area contributed by atoms with Gasteiger partial charge in [0.05, 0.1) is 6.10 Å². The Labute approximate surface area is 130 Å². The Morgan fingerprint density at radius 3 is 2.77 bits per heavy atom. The maximum Gasteiger partial charge on any atom is 0.342 e. The lowest BCUT2D eigenvalue weighted by molar-refractivity contribution is -0.119. The summed E-state index contributed by atoms with van der Waals surface area (Å²) in [4.78, 5) is 24.0. The highest BCUT2D eigenvalue weighted by Crippen LogP contribution is 2.25. The largest absolute Gasteiger partial charge is 0.507 e. The first-order chi connectivity index (χ1) is 10.6. The van der Waals surface area contributed by atoms with Gasteiger partial charge in [-0.15, -0.1) is 0 Å². The normalized spacial score (nSPS) is 22.3. The van der Waals surface area contributed by atoms with Crippen LogP contribution in [0.3, 0.4) is 0 Å². The number of esters is 1. The van der Waals surface area contributed by atoms with E-state index in [0.29, 0.717) is 24.8 Å². The maximum atomic E-state index is 12.3. The topological polar surface area (TPSA) is 63.6 Å². The third kappa shape index (κ3) is 4.45. The second-order valence-electron chi connectivity index (χ2n) is 5.68. The fourth-order valence-corrected chi connectivity index (χ4v) is 2.56. The average Bonchev–Trinajstić information content (AvgIpc) is 2.46. The zero-order valence-electron chi connectivity index (χ0n) is 12.9. The Hall–Kier alpha value is -2.10. The fraction of sp³-hybridized carbons (Fsp3) is 0.444. The summed E-state index contributed by atoms with van der Waals surface area (Å²) in [7, 11) is 0. The molecule has 1 aliphatic rings. The highest BCUT2D eigenvalue weighted by Gasteiger charge is 2.19. The first-order valence-corrected chi connectivity index (χ1v) is 7.79. The van der Waals surface area contributed by atoms with Crippen molar-refractivity contribution < 1.29 is 19.4 Å². The van der Waals surface area contributed by atoms with Crippen LogP contribution in [-0.4, -0.2) is 23.0 Å². The van der Waals surface area contributed by atoms with E-state index in [2.05, 4.69) is 0 Å². The number of allylic oxidation sites excluding steroid dienone is 1. The molecule has 0 unspecified atom stereocenters. The van der Waals surface area contributed by atoms with Gasteiger partial charge < -0.3 is 9.84 Å². The lowest BCUT2D eigenvalue weighted by Gasteiger charge is -2.15. The lowest BCUT2D eigenvalue weighted by Crippen LogP contribution is -2.16. The van der Waals surface area contributed by atoms with Gasteiger partial charge in [-0.25, -0.2) is 4.79 Å². The number of ether oxygens (including phenoxy) is 1. The van der Waals surface area contributed by atoms with Crippen molar-refractivity contribution in [2.24, 2.45) is 0 Å². The van der Waals surface area contributed by atoms with Gasteiger partial charge in [0.25, 0.3) is 0 Å². The van der Waals surface area contributed by atoms with Gasteiger partial charge in [0.2, 0.25) is 0 Å². The van der Waals surface area contributed by atoms with E-state index < -0.39 is 5.97 Å². The van der Waals surface area contributed by atoms with E-state index in [9.17, 15) is 14.7 Å². The molecular formula is C18H22O4. The first-order valence-electron chi connectivity index (χ1n) is 7.79. The van der Waals surface area contributed by atoms with Crippen LogP contribution in [0.5, 0.6) is 5.75 Å². The molecule has 0 aromatic heterocycles. The van der Waals surface area contributed by atoms with E-state index in [4.69, 9.17) is 4.74 Å². The molecule has 0 saturated heterocycles. The zero-order chi connectivity index (χ0) is 15.9. The van der Waals surface area contributed by atoms with E-state index >= 15 is 0 Å². The van der Waals surface area contributed by atoms with Gasteiger partial charge in [0, 0.05) is 12.8 Å². The van der Waals surface area contributed by atoms with Gasteiger partial charge in [0.1, 0.15) is 17.1 Å². The monoisotopic (exact) mass is 302 g/mol. The number of phenolic OH excluding ortho intramolecular Hbond substituents is 1. The van der Waals surface area contributed by atoms with Crippen LogP contribution in [0.4, 0.5) is 0 Å². The summed E-state index contributed by atoms with van der Waals surface area (Å²) in [5.74, 6) is -0.322. The number of ketones is 1. The second kappa shape index (κ2) is 7.78. The number of phenols is 1. The molecule has 0 saturated carbocycles. The number of aromatic hydroxyl groups is 1. The third-order valence-electron chi connectivity index (χ3n) is 3.78. The van der Waals surface area contributed by atoms with Crippen LogP contribution >= 0.6 is 0 Å². The summed E-state index contributed by atoms with van der Waals surface area (Å²) >= 11 is 0. The summed E-state index contributed by atoms with van der Waals surface area (Å²) in [6.07, 6.45) is 7.52. The zero-order valence-corrected chi connectivity index (χ0v) is 12.9. The second-order valence-corrected chi connectivity index (χ2v) is 5.68. The van der Waals surface area contributed by atoms with Crippen LogP contribution < -0.4 is 0 Å². The van der Waals surface area contributed by atoms with Crippen molar-refractivity contribution in [2.45, 2.75) is 51.6 Å². The predicted octanol–water partition coefficient (Wildman–Crippen LogP) is 3.87. The molecule has 0 bridgehead atoms. The van der Waals surface area contributed by atoms with E-state index in [1.807, 2.05) is 13.0 Å². The van der Waals surface area contributed by atoms with Crippen molar-refractivity contribution in [1.29, 1.82) is 0 Å². The summed E-state index contributed by atoms with van der Waals surface area (Å²) in [5, 5.41) is 9.97. The Morgan fingerprint density at radius 2 is 1.95 bits per heavy atom. The van der Waals surface area contributed by atoms with Gasteiger partial charge in [-0.3, -0.25) is 4.79 Å². The quantitative estimate of drug-likeness (QED) is 0.739. The molecule has 118 valence electrons. The molecule has 1 heterocycles. The highest BCUT2D eigenvalue weighted by atomic mass is 16.5. The summed E-state index contributed by atoms with van der Waals surface area (Å²) in [5.41, 5.74) is 0.847. The van der Waals surface area contributed by atoms with Gasteiger partial charge in [-0.1, -0.05) is 24.3 Å². The summed E-state index contributed by atoms with van der Waals surface area (Å²) in [6, 6.07) is 4.96. The van der Waals surface area contributed by atoms with Crippen LogP contribution in [0.15, 0.2) is 24.3 Å². The number of hydrogen-bond acceptors (Lipinski definition) is 4. The van der Waals surface area contributed by atoms with E-state index in [-0.39, 0.29) is 23.2 Å². The number of carbonyl (C=O) groups excluding carboxylic acids is 2. The first kappa shape index (κ1) is 16.3. The van der Waals surface area contributed by atoms with Crippen LogP contribution in [0, 0.1) is 0 Å². The smallest absolute Gasteiger partial charge is 0.342 e. The Morgan fingerprint density at radius 1 is 1.18 bits per heavy atom. The molecule has 0 spiro atoms. The van der Waals surface area contributed by atoms with Crippen molar-refractivity contribution in [2.75, 3.05) is 0 Å². The predicted molar refractivity (Wildman–Crippen MR) is 84.7 cm³/mol. The molecule has 1 aliphatic heterocycles. The number of benzene rings is 1. The Bertz CT molecular complexity index is 574. The number of rotatable bonds is 0. The van der Waals surface area contributed by atoms with Crippen molar-refractivity contribution in [3.8, 4) is 5.75 Å². The lowest BCUT2D eigenvalue weighted by atomic mass is 10.0. The van der Waals surface area contributed by atoms with E-state index in [1.54, 1.807) is 18.2 Å². The minimum atomic E-state index is -0.520. The van der Waals surface area contributed by atoms with Crippen LogP contribution in [0.2, 0.25) is 0 Å². The number of carbonyl (C=O) groups is 2. The van der Waals surface area contributed by atoms with E-state index in [0.717, 1.165) is 19.3 Å². The molecule has 1 aromatic carbocycles. The van der Waals surface area contributed by atoms with Crippen molar-refractivity contribution in [1.82, 2.24) is 0 Å². The number of cyclic esters (lactones) is 1. The molecule has 22 heavy (non-hydrogen) atoms. The third-order valence-corrected chi connectivity index (χ3v) is 3.78. The minimum absolute atomic E-state index is 0.0679. The molecule has 1 aromatic rings. The van der Waals surface area contributed by atoms with Crippen LogP contribution in [0.1, 0.15) is 61.4 Å². The number of hydrogen-bond donors (Lipinski definition) is 1. The molecule has 1 atom stereocenters. The molecule has 0 amide bonds. The van der Waals surface area contributed by atoms with Crippen molar-refractivity contribution in [3.05, 3.63) is 35.4 Å². The molecular weight excluding hydrogens is 280 g/mol. The minimum Gasteiger partial charge on any atom is -0.507 e. The highest BCUT2D eigenvalue weighted by molar-refractivity contribution is 5.96. The molecule has 1 N–H and O–H groups in total. The number of Topliss-reactive ketones (excluding diaryl/α,β-unsaturated/α-hetero) is 1. The Balaban J connectivity index is 2.26. The summed E-state index contributed by atoms with van der Waals surface area (Å²) in [6.45, 7) is 1.81. The molecule has 0 aliphatic carbocycles. The van der Waals surface area contributed by atoms with E-state index in [1.165, 1.54) is 6.07 Å². The van der Waals surface area contributed by atoms with Gasteiger partial charge >= 0.3 is 5.97 Å². The van der Waals surface area contributed by atoms with Gasteiger partial charge in [-0.2, -0.15) is 0 Å². The fourth-order valence-electron chi connectivity index (χ4n) is 2.56. The average molecular weight is 302 g/mol. The number of fused-ring (bicyclic) bond motifs is 1. The SMILES string of the molecule is C[C@H]1CCCC(=O)CCC/C=C/c2cccc(O)c2C(=O)O1. The van der Waals surface area contributed by atoms with Crippen LogP contribution in [0.25, 0.3) is 6.08 Å². The maximum absolute atomic E-state index is 12.3. The van der Waals surface area contributed by atoms with Crippen molar-refractivity contribution >= 4 is 17.8 Å². The van der Waals surface area contributed by atoms with Crippen molar-refractivity contribution in [3.63, 3.8) is 0 Å². The Kier molecular flexibility index (Phi) is 5.75. The van der Waals surface area contributed by atoms with Gasteiger partial charge in [0.15, 0.2) is 0 Å². The van der Waals surface area contributed by atoms with Gasteiger partial charge in [-0.05, 0) is 44.2 Å². The molecule has 2 rings (SSSR count). The molecule has 4 nitrogen and oxygen atoms in total.